The van der Waals surface area contributed by atoms with Crippen molar-refractivity contribution in [2.75, 3.05) is 17.3 Å². The summed E-state index contributed by atoms with van der Waals surface area (Å²) in [5.74, 6) is -5.24. The Morgan fingerprint density at radius 1 is 0.841 bits per heavy atom. The number of nitrogens with zero attached hydrogens (tertiary/aromatic N) is 2. The summed E-state index contributed by atoms with van der Waals surface area (Å²) in [5, 5.41) is 14.5. The minimum absolute atomic E-state index is 0.0605. The number of fused-ring (bicyclic) bond motifs is 4. The van der Waals surface area contributed by atoms with Gasteiger partial charge in [0.1, 0.15) is 5.75 Å². The number of carbonyl (C=O) groups excluding carboxylic acids is 4. The van der Waals surface area contributed by atoms with Gasteiger partial charge in [0.2, 0.25) is 11.8 Å². The van der Waals surface area contributed by atoms with Crippen LogP contribution in [0.4, 0.5) is 17.1 Å². The summed E-state index contributed by atoms with van der Waals surface area (Å²) in [6.45, 7) is 1.73. The Hall–Kier alpha value is -4.14. The fourth-order valence-corrected chi connectivity index (χ4v) is 8.65. The normalized spacial score (nSPS) is 31.0. The molecule has 0 spiro atoms. The van der Waals surface area contributed by atoms with Gasteiger partial charge in [0.25, 0.3) is 11.8 Å². The summed E-state index contributed by atoms with van der Waals surface area (Å²) < 4.78 is 0. The van der Waals surface area contributed by atoms with E-state index in [2.05, 4.69) is 5.32 Å². The number of anilines is 3. The zero-order valence-electron chi connectivity index (χ0n) is 24.0. The second kappa shape index (κ2) is 9.94. The SMILES string of the molecule is Cc1cccc(C2C3=CCC4C(=O)N(c5ccc(Nc6ccccc6)cc5)C(=O)C4C3CC3(Cl)C(=O)N(C)C(=O)C23Cl)c1O. The highest BCUT2D eigenvalue weighted by atomic mass is 35.5. The number of phenols is 1. The lowest BCUT2D eigenvalue weighted by atomic mass is 9.56. The van der Waals surface area contributed by atoms with Crippen LogP contribution in [0.3, 0.4) is 0 Å². The van der Waals surface area contributed by atoms with Crippen LogP contribution in [0.2, 0.25) is 0 Å². The van der Waals surface area contributed by atoms with Crippen molar-refractivity contribution in [2.45, 2.75) is 35.4 Å². The molecule has 0 bridgehead atoms. The van der Waals surface area contributed by atoms with Crippen molar-refractivity contribution < 1.29 is 24.3 Å². The first-order valence-corrected chi connectivity index (χ1v) is 15.2. The van der Waals surface area contributed by atoms with Crippen molar-refractivity contribution in [3.63, 3.8) is 0 Å². The first-order chi connectivity index (χ1) is 21.0. The average Bonchev–Trinajstić information content (AvgIpc) is 3.34. The molecular formula is C34H29Cl2N3O5. The minimum Gasteiger partial charge on any atom is -0.507 e. The lowest BCUT2D eigenvalue weighted by Gasteiger charge is -2.50. The number of carbonyl (C=O) groups is 4. The van der Waals surface area contributed by atoms with E-state index in [1.165, 1.54) is 11.9 Å². The van der Waals surface area contributed by atoms with Gasteiger partial charge in [-0.3, -0.25) is 29.0 Å². The van der Waals surface area contributed by atoms with Gasteiger partial charge in [0.15, 0.2) is 9.75 Å². The Kier molecular flexibility index (Phi) is 6.47. The van der Waals surface area contributed by atoms with Gasteiger partial charge in [0, 0.05) is 29.9 Å². The van der Waals surface area contributed by atoms with E-state index in [4.69, 9.17) is 23.2 Å². The number of benzene rings is 3. The molecule has 6 unspecified atom stereocenters. The fourth-order valence-electron chi connectivity index (χ4n) is 7.64. The summed E-state index contributed by atoms with van der Waals surface area (Å²) in [6.07, 6.45) is 2.00. The monoisotopic (exact) mass is 629 g/mol. The Bertz CT molecular complexity index is 1780. The predicted molar refractivity (Wildman–Crippen MR) is 167 cm³/mol. The lowest BCUT2D eigenvalue weighted by molar-refractivity contribution is -0.138. The molecule has 2 heterocycles. The van der Waals surface area contributed by atoms with E-state index in [1.54, 1.807) is 49.4 Å². The van der Waals surface area contributed by atoms with Crippen LogP contribution in [-0.2, 0) is 19.2 Å². The molecule has 8 nitrogen and oxygen atoms in total. The molecule has 4 aliphatic rings. The molecule has 2 aliphatic carbocycles. The molecule has 3 aromatic carbocycles. The van der Waals surface area contributed by atoms with Gasteiger partial charge in [-0.2, -0.15) is 0 Å². The van der Waals surface area contributed by atoms with Gasteiger partial charge in [-0.25, -0.2) is 0 Å². The Labute approximate surface area is 264 Å². The number of imide groups is 2. The van der Waals surface area contributed by atoms with Gasteiger partial charge in [0.05, 0.1) is 17.5 Å². The number of allylic oxidation sites excluding steroid dienone is 2. The van der Waals surface area contributed by atoms with Crippen molar-refractivity contribution in [3.05, 3.63) is 95.6 Å². The van der Waals surface area contributed by atoms with Crippen molar-refractivity contribution in [2.24, 2.45) is 17.8 Å². The third-order valence-corrected chi connectivity index (χ3v) is 11.2. The molecule has 2 saturated heterocycles. The number of rotatable bonds is 4. The molecule has 1 saturated carbocycles. The molecule has 2 N–H and O–H groups in total. The maximum Gasteiger partial charge on any atom is 0.253 e. The van der Waals surface area contributed by atoms with Gasteiger partial charge in [-0.05, 0) is 67.6 Å². The van der Waals surface area contributed by atoms with E-state index in [-0.39, 0.29) is 30.4 Å². The highest BCUT2D eigenvalue weighted by Crippen LogP contribution is 2.66. The van der Waals surface area contributed by atoms with Crippen LogP contribution in [0.25, 0.3) is 0 Å². The number of alkyl halides is 2. The number of para-hydroxylation sites is 2. The van der Waals surface area contributed by atoms with Crippen molar-refractivity contribution in [1.82, 2.24) is 4.90 Å². The number of phenolic OH excluding ortho intramolecular Hbond substituents is 1. The molecule has 2 aliphatic heterocycles. The first kappa shape index (κ1) is 28.6. The summed E-state index contributed by atoms with van der Waals surface area (Å²) in [6, 6.07) is 21.8. The van der Waals surface area contributed by atoms with E-state index in [0.717, 1.165) is 16.3 Å². The molecule has 4 amide bonds. The van der Waals surface area contributed by atoms with Crippen LogP contribution in [0.5, 0.6) is 5.75 Å². The predicted octanol–water partition coefficient (Wildman–Crippen LogP) is 5.64. The van der Waals surface area contributed by atoms with Crippen LogP contribution >= 0.6 is 23.2 Å². The molecule has 44 heavy (non-hydrogen) atoms. The summed E-state index contributed by atoms with van der Waals surface area (Å²) in [4.78, 5) is 53.7. The van der Waals surface area contributed by atoms with Crippen LogP contribution in [0.1, 0.15) is 29.9 Å². The van der Waals surface area contributed by atoms with Crippen LogP contribution < -0.4 is 10.2 Å². The second-order valence-electron chi connectivity index (χ2n) is 12.1. The molecule has 0 aromatic heterocycles. The van der Waals surface area contributed by atoms with Gasteiger partial charge >= 0.3 is 0 Å². The zero-order chi connectivity index (χ0) is 31.1. The topological polar surface area (TPSA) is 107 Å². The van der Waals surface area contributed by atoms with Gasteiger partial charge in [-0.1, -0.05) is 48.0 Å². The smallest absolute Gasteiger partial charge is 0.253 e. The number of hydrogen-bond acceptors (Lipinski definition) is 6. The van der Waals surface area contributed by atoms with Crippen molar-refractivity contribution in [1.29, 1.82) is 0 Å². The van der Waals surface area contributed by atoms with Crippen molar-refractivity contribution >= 4 is 63.9 Å². The van der Waals surface area contributed by atoms with E-state index in [9.17, 15) is 24.3 Å². The van der Waals surface area contributed by atoms with Gasteiger partial charge < -0.3 is 10.4 Å². The number of halogens is 2. The molecule has 6 atom stereocenters. The molecular weight excluding hydrogens is 601 g/mol. The largest absolute Gasteiger partial charge is 0.507 e. The second-order valence-corrected chi connectivity index (χ2v) is 13.3. The van der Waals surface area contributed by atoms with Crippen molar-refractivity contribution in [3.8, 4) is 5.75 Å². The molecule has 224 valence electrons. The number of aromatic hydroxyl groups is 1. The number of nitrogens with one attached hydrogen (secondary N) is 1. The molecule has 3 aromatic rings. The highest BCUT2D eigenvalue weighted by Gasteiger charge is 2.76. The van der Waals surface area contributed by atoms with Gasteiger partial charge in [-0.15, -0.1) is 23.2 Å². The Morgan fingerprint density at radius 3 is 2.23 bits per heavy atom. The summed E-state index contributed by atoms with van der Waals surface area (Å²) in [5.41, 5.74) is 3.70. The Balaban J connectivity index is 1.28. The van der Waals surface area contributed by atoms with E-state index < -0.39 is 45.2 Å². The van der Waals surface area contributed by atoms with E-state index in [0.29, 0.717) is 22.4 Å². The molecule has 0 radical (unpaired) electrons. The van der Waals surface area contributed by atoms with E-state index in [1.807, 2.05) is 36.4 Å². The lowest BCUT2D eigenvalue weighted by Crippen LogP contribution is -2.60. The standard InChI is InChI=1S/C34H29Cl2N3O5/c1-18-7-6-10-24(28(18)40)27-22-15-16-23-26(25(22)17-33(35)31(43)38(2)32(44)34(27,33)36)30(42)39(29(23)41)21-13-11-20(12-14-21)37-19-8-4-3-5-9-19/h3-15,23,25-27,37,40H,16-17H2,1-2H3. The zero-order valence-corrected chi connectivity index (χ0v) is 25.5. The summed E-state index contributed by atoms with van der Waals surface area (Å²) in [7, 11) is 1.34. The molecule has 7 rings (SSSR count). The Morgan fingerprint density at radius 2 is 1.52 bits per heavy atom. The summed E-state index contributed by atoms with van der Waals surface area (Å²) >= 11 is 14.4. The number of likely N-dealkylation sites (tertiary alicyclic amines) is 1. The van der Waals surface area contributed by atoms with Crippen LogP contribution in [-0.4, -0.2) is 50.4 Å². The van der Waals surface area contributed by atoms with Crippen LogP contribution in [0, 0.1) is 24.7 Å². The number of amides is 4. The average molecular weight is 631 g/mol. The molecule has 3 fully saturated rings. The van der Waals surface area contributed by atoms with E-state index >= 15 is 0 Å². The third-order valence-electron chi connectivity index (χ3n) is 9.78. The third kappa shape index (κ3) is 3.77. The number of aryl methyl sites for hydroxylation is 1. The maximum absolute atomic E-state index is 14.2. The number of hydrogen-bond donors (Lipinski definition) is 2. The highest BCUT2D eigenvalue weighted by molar-refractivity contribution is 6.53. The first-order valence-electron chi connectivity index (χ1n) is 14.5. The molecule has 10 heteroatoms. The fraction of sp³-hybridized carbons (Fsp3) is 0.294. The minimum atomic E-state index is -1.94. The van der Waals surface area contributed by atoms with Crippen LogP contribution in [0.15, 0.2) is 84.4 Å². The maximum atomic E-state index is 14.2. The quantitative estimate of drug-likeness (QED) is 0.220.